The summed E-state index contributed by atoms with van der Waals surface area (Å²) in [5, 5.41) is 10.8. The van der Waals surface area contributed by atoms with Gasteiger partial charge in [0.05, 0.1) is 16.9 Å². The second-order valence-corrected chi connectivity index (χ2v) is 11.5. The van der Waals surface area contributed by atoms with Gasteiger partial charge in [-0.1, -0.05) is 17.7 Å². The molecule has 1 aliphatic carbocycles. The highest BCUT2D eigenvalue weighted by atomic mass is 35.5. The number of nitrogens with two attached hydrogens (primary N) is 1. The first-order valence-electron chi connectivity index (χ1n) is 12.7. The average molecular weight is 514 g/mol. The van der Waals surface area contributed by atoms with Crippen molar-refractivity contribution in [3.05, 3.63) is 64.7 Å². The SMILES string of the molecule is CC(C)(O)c1ccc2c(n1)CC1(CCN(c3nc4ccc(-c5ccnc(N)c5Cl)c5ncc3n45)CC1)C2. The van der Waals surface area contributed by atoms with E-state index >= 15 is 0 Å². The van der Waals surface area contributed by atoms with Gasteiger partial charge in [-0.2, -0.15) is 0 Å². The van der Waals surface area contributed by atoms with Crippen LogP contribution in [-0.2, 0) is 18.4 Å². The van der Waals surface area contributed by atoms with E-state index in [1.54, 1.807) is 20.0 Å². The highest BCUT2D eigenvalue weighted by Gasteiger charge is 2.41. The lowest BCUT2D eigenvalue weighted by Crippen LogP contribution is -2.41. The Morgan fingerprint density at radius 1 is 1.00 bits per heavy atom. The Kier molecular flexibility index (Phi) is 4.76. The fourth-order valence-corrected chi connectivity index (χ4v) is 6.37. The third kappa shape index (κ3) is 3.46. The molecule has 0 atom stereocenters. The molecule has 0 unspecified atom stereocenters. The standard InChI is InChI=1S/C28H28ClN7O/c1-27(2,37)21-5-3-16-13-28(14-19(16)33-21)8-11-35(12-9-28)26-20-15-32-25-18(4-6-22(34-26)36(20)25)17-7-10-31-24(30)23(17)29/h3-7,10,15,37H,8-9,11-14H2,1-2H3,(H2,30,31). The molecule has 7 rings (SSSR count). The topological polar surface area (TPSA) is 105 Å². The first-order valence-corrected chi connectivity index (χ1v) is 13.1. The molecule has 8 nitrogen and oxygen atoms in total. The minimum atomic E-state index is -0.921. The van der Waals surface area contributed by atoms with Crippen molar-refractivity contribution in [3.8, 4) is 11.1 Å². The molecule has 0 amide bonds. The highest BCUT2D eigenvalue weighted by molar-refractivity contribution is 6.35. The van der Waals surface area contributed by atoms with Crippen LogP contribution < -0.4 is 10.6 Å². The summed E-state index contributed by atoms with van der Waals surface area (Å²) in [5.41, 5.74) is 12.9. The zero-order valence-corrected chi connectivity index (χ0v) is 21.6. The van der Waals surface area contributed by atoms with E-state index in [2.05, 4.69) is 20.4 Å². The third-order valence-corrected chi connectivity index (χ3v) is 8.61. The zero-order valence-electron chi connectivity index (χ0n) is 20.9. The number of nitrogens with zero attached hydrogens (tertiary/aromatic N) is 6. The van der Waals surface area contributed by atoms with E-state index in [-0.39, 0.29) is 5.41 Å². The number of hydrogen-bond donors (Lipinski definition) is 2. The van der Waals surface area contributed by atoms with Gasteiger partial charge >= 0.3 is 0 Å². The highest BCUT2D eigenvalue weighted by Crippen LogP contribution is 2.46. The van der Waals surface area contributed by atoms with E-state index in [9.17, 15) is 5.11 Å². The summed E-state index contributed by atoms with van der Waals surface area (Å²) >= 11 is 6.49. The Hall–Kier alpha value is -3.49. The molecule has 5 aromatic rings. The first kappa shape index (κ1) is 22.7. The molecule has 0 bridgehead atoms. The lowest BCUT2D eigenvalue weighted by atomic mass is 9.76. The fourth-order valence-electron chi connectivity index (χ4n) is 6.16. The number of aromatic nitrogens is 5. The summed E-state index contributed by atoms with van der Waals surface area (Å²) < 4.78 is 2.11. The molecule has 0 saturated carbocycles. The van der Waals surface area contributed by atoms with E-state index in [0.29, 0.717) is 10.8 Å². The molecule has 5 aromatic heterocycles. The lowest BCUT2D eigenvalue weighted by molar-refractivity contribution is 0.0736. The molecule has 6 heterocycles. The largest absolute Gasteiger partial charge is 0.384 e. The Morgan fingerprint density at radius 2 is 1.81 bits per heavy atom. The molecule has 1 saturated heterocycles. The molecule has 1 fully saturated rings. The predicted molar refractivity (Wildman–Crippen MR) is 145 cm³/mol. The normalized spacial score (nSPS) is 17.4. The number of anilines is 2. The van der Waals surface area contributed by atoms with Crippen LogP contribution in [0.4, 0.5) is 11.6 Å². The maximum Gasteiger partial charge on any atom is 0.157 e. The maximum atomic E-state index is 10.4. The second-order valence-electron chi connectivity index (χ2n) is 11.1. The van der Waals surface area contributed by atoms with Gasteiger partial charge in [0.2, 0.25) is 0 Å². The number of aliphatic hydroxyl groups is 1. The minimum absolute atomic E-state index is 0.230. The Labute approximate surface area is 219 Å². The van der Waals surface area contributed by atoms with E-state index in [1.165, 1.54) is 5.56 Å². The van der Waals surface area contributed by atoms with E-state index < -0.39 is 5.60 Å². The van der Waals surface area contributed by atoms with Gasteiger partial charge < -0.3 is 15.7 Å². The van der Waals surface area contributed by atoms with Crippen LogP contribution in [0, 0.1) is 5.41 Å². The molecule has 0 radical (unpaired) electrons. The number of imidazole rings is 2. The average Bonchev–Trinajstić information content (AvgIpc) is 3.56. The molecular formula is C28H28ClN7O. The maximum absolute atomic E-state index is 10.4. The van der Waals surface area contributed by atoms with Gasteiger partial charge in [-0.05, 0) is 74.8 Å². The van der Waals surface area contributed by atoms with Crippen molar-refractivity contribution in [2.45, 2.75) is 45.1 Å². The molecule has 9 heteroatoms. The van der Waals surface area contributed by atoms with Crippen molar-refractivity contribution in [3.63, 3.8) is 0 Å². The number of rotatable bonds is 3. The van der Waals surface area contributed by atoms with Gasteiger partial charge in [-0.15, -0.1) is 0 Å². The summed E-state index contributed by atoms with van der Waals surface area (Å²) in [7, 11) is 0. The summed E-state index contributed by atoms with van der Waals surface area (Å²) in [4.78, 5) is 21.1. The van der Waals surface area contributed by atoms with Gasteiger partial charge in [0.15, 0.2) is 5.82 Å². The summed E-state index contributed by atoms with van der Waals surface area (Å²) in [5.74, 6) is 1.29. The smallest absolute Gasteiger partial charge is 0.157 e. The number of fused-ring (bicyclic) bond motifs is 1. The van der Waals surface area contributed by atoms with Gasteiger partial charge in [0, 0.05) is 36.1 Å². The summed E-state index contributed by atoms with van der Waals surface area (Å²) in [6.45, 7) is 5.46. The molecule has 1 spiro atoms. The predicted octanol–water partition coefficient (Wildman–Crippen LogP) is 4.63. The molecular weight excluding hydrogens is 486 g/mol. The Bertz CT molecular complexity index is 1660. The number of nitrogen functional groups attached to an aromatic ring is 1. The molecule has 2 aliphatic rings. The lowest BCUT2D eigenvalue weighted by Gasteiger charge is -2.39. The van der Waals surface area contributed by atoms with Crippen LogP contribution in [-0.4, -0.2) is 42.5 Å². The molecule has 1 aliphatic heterocycles. The van der Waals surface area contributed by atoms with Crippen LogP contribution in [0.15, 0.2) is 42.7 Å². The van der Waals surface area contributed by atoms with Gasteiger partial charge in [-0.25, -0.2) is 15.0 Å². The fraction of sp³-hybridized carbons (Fsp3) is 0.357. The van der Waals surface area contributed by atoms with Crippen LogP contribution in [0.1, 0.15) is 43.6 Å². The Balaban J connectivity index is 1.17. The number of halogens is 1. The third-order valence-electron chi connectivity index (χ3n) is 8.21. The number of pyridine rings is 3. The van der Waals surface area contributed by atoms with Crippen molar-refractivity contribution in [1.82, 2.24) is 24.3 Å². The molecule has 3 N–H and O–H groups in total. The quantitative estimate of drug-likeness (QED) is 0.362. The van der Waals surface area contributed by atoms with Crippen LogP contribution in [0.5, 0.6) is 0 Å². The zero-order chi connectivity index (χ0) is 25.5. The second kappa shape index (κ2) is 7.76. The van der Waals surface area contributed by atoms with Gasteiger partial charge in [-0.3, -0.25) is 9.38 Å². The number of piperidine rings is 1. The van der Waals surface area contributed by atoms with Crippen LogP contribution in [0.3, 0.4) is 0 Å². The first-order chi connectivity index (χ1) is 17.7. The molecule has 0 aromatic carbocycles. The molecule has 188 valence electrons. The monoisotopic (exact) mass is 513 g/mol. The molecule has 37 heavy (non-hydrogen) atoms. The number of hydrogen-bond acceptors (Lipinski definition) is 7. The van der Waals surface area contributed by atoms with Gasteiger partial charge in [0.1, 0.15) is 28.2 Å². The van der Waals surface area contributed by atoms with Crippen molar-refractivity contribution >= 4 is 40.0 Å². The van der Waals surface area contributed by atoms with Crippen LogP contribution >= 0.6 is 11.6 Å². The van der Waals surface area contributed by atoms with Crippen LogP contribution in [0.25, 0.3) is 27.9 Å². The van der Waals surface area contributed by atoms with Crippen LogP contribution in [0.2, 0.25) is 5.02 Å². The summed E-state index contributed by atoms with van der Waals surface area (Å²) in [6, 6.07) is 10.0. The van der Waals surface area contributed by atoms with Crippen molar-refractivity contribution in [2.24, 2.45) is 5.41 Å². The summed E-state index contributed by atoms with van der Waals surface area (Å²) in [6.07, 6.45) is 7.76. The van der Waals surface area contributed by atoms with E-state index in [1.807, 2.05) is 30.5 Å². The van der Waals surface area contributed by atoms with Crippen molar-refractivity contribution in [2.75, 3.05) is 23.7 Å². The van der Waals surface area contributed by atoms with Crippen molar-refractivity contribution in [1.29, 1.82) is 0 Å². The van der Waals surface area contributed by atoms with E-state index in [0.717, 1.165) is 83.9 Å². The minimum Gasteiger partial charge on any atom is -0.384 e. The van der Waals surface area contributed by atoms with Gasteiger partial charge in [0.25, 0.3) is 0 Å². The van der Waals surface area contributed by atoms with Crippen molar-refractivity contribution < 1.29 is 5.11 Å². The Morgan fingerprint density at radius 3 is 2.59 bits per heavy atom. The van der Waals surface area contributed by atoms with E-state index in [4.69, 9.17) is 32.3 Å².